The summed E-state index contributed by atoms with van der Waals surface area (Å²) in [5.74, 6) is 0.121. The molecule has 9 heteroatoms. The minimum atomic E-state index is -0.700. The summed E-state index contributed by atoms with van der Waals surface area (Å²) in [6.07, 6.45) is 7.12. The predicted octanol–water partition coefficient (Wildman–Crippen LogP) is 1.45. The molecular weight excluding hydrogens is 420 g/mol. The number of carbonyl (C=O) groups excluding carboxylic acids is 2. The molecule has 182 valence electrons. The summed E-state index contributed by atoms with van der Waals surface area (Å²) in [7, 11) is 0. The zero-order chi connectivity index (χ0) is 23.5. The van der Waals surface area contributed by atoms with Gasteiger partial charge in [-0.1, -0.05) is 26.0 Å². The molecule has 5 rings (SSSR count). The van der Waals surface area contributed by atoms with E-state index >= 15 is 0 Å². The van der Waals surface area contributed by atoms with Crippen molar-refractivity contribution in [3.63, 3.8) is 0 Å². The molecule has 1 aromatic rings. The van der Waals surface area contributed by atoms with Crippen LogP contribution in [0.15, 0.2) is 6.20 Å². The van der Waals surface area contributed by atoms with E-state index in [1.54, 1.807) is 9.58 Å². The maximum absolute atomic E-state index is 13.8. The Labute approximate surface area is 195 Å². The van der Waals surface area contributed by atoms with Gasteiger partial charge in [-0.05, 0) is 44.4 Å². The van der Waals surface area contributed by atoms with Crippen LogP contribution < -0.4 is 5.32 Å². The number of rotatable bonds is 6. The molecular formula is C24H38N6O3. The number of nitrogens with one attached hydrogen (secondary N) is 1. The van der Waals surface area contributed by atoms with Crippen LogP contribution in [0, 0.1) is 5.41 Å². The number of hydrogen-bond donors (Lipinski definition) is 2. The molecule has 2 aliphatic carbocycles. The Morgan fingerprint density at radius 2 is 1.88 bits per heavy atom. The van der Waals surface area contributed by atoms with E-state index in [1.807, 2.05) is 27.0 Å². The fourth-order valence-corrected chi connectivity index (χ4v) is 5.70. The first-order valence-electron chi connectivity index (χ1n) is 12.6. The lowest BCUT2D eigenvalue weighted by Gasteiger charge is -2.34. The molecule has 3 heterocycles. The second-order valence-electron chi connectivity index (χ2n) is 11.8. The number of aliphatic hydroxyl groups excluding tert-OH is 1. The first-order chi connectivity index (χ1) is 15.6. The third-order valence-corrected chi connectivity index (χ3v) is 7.69. The first-order valence-corrected chi connectivity index (χ1v) is 12.6. The van der Waals surface area contributed by atoms with Crippen LogP contribution in [0.25, 0.3) is 0 Å². The molecule has 1 aromatic heterocycles. The van der Waals surface area contributed by atoms with Gasteiger partial charge in [0, 0.05) is 49.8 Å². The molecule has 33 heavy (non-hydrogen) atoms. The molecule has 4 unspecified atom stereocenters. The molecule has 5 atom stereocenters. The van der Waals surface area contributed by atoms with E-state index in [9.17, 15) is 14.7 Å². The van der Waals surface area contributed by atoms with Crippen molar-refractivity contribution in [1.29, 1.82) is 0 Å². The summed E-state index contributed by atoms with van der Waals surface area (Å²) >= 11 is 0. The predicted molar refractivity (Wildman–Crippen MR) is 122 cm³/mol. The number of likely N-dealkylation sites (tertiary alicyclic amines) is 2. The molecule has 4 aliphatic rings. The van der Waals surface area contributed by atoms with Crippen LogP contribution in [0.3, 0.4) is 0 Å². The molecule has 4 fully saturated rings. The molecule has 0 spiro atoms. The monoisotopic (exact) mass is 458 g/mol. The molecule has 2 amide bonds. The largest absolute Gasteiger partial charge is 0.391 e. The number of hydrogen-bond acceptors (Lipinski definition) is 6. The Morgan fingerprint density at radius 3 is 2.52 bits per heavy atom. The third kappa shape index (κ3) is 4.67. The van der Waals surface area contributed by atoms with Crippen molar-refractivity contribution < 1.29 is 14.7 Å². The summed E-state index contributed by atoms with van der Waals surface area (Å²) < 4.78 is 1.67. The van der Waals surface area contributed by atoms with Crippen molar-refractivity contribution >= 4 is 11.8 Å². The SMILES string of the molecule is CC1CC(NC(=O)C2CC(O)CN2C(=O)[C@@H](n2cc(C3CC3)nn2)C(C)(C)C)CN1C1CC1. The molecule has 2 aliphatic heterocycles. The molecule has 2 saturated carbocycles. The van der Waals surface area contributed by atoms with Gasteiger partial charge in [-0.15, -0.1) is 5.10 Å². The van der Waals surface area contributed by atoms with E-state index in [1.165, 1.54) is 12.8 Å². The first kappa shape index (κ1) is 22.8. The number of aliphatic hydroxyl groups is 1. The highest BCUT2D eigenvalue weighted by molar-refractivity contribution is 5.90. The van der Waals surface area contributed by atoms with Crippen LogP contribution in [0.5, 0.6) is 0 Å². The summed E-state index contributed by atoms with van der Waals surface area (Å²) in [6, 6.07) is -0.0152. The summed E-state index contributed by atoms with van der Waals surface area (Å²) in [5, 5.41) is 22.2. The molecule has 2 N–H and O–H groups in total. The van der Waals surface area contributed by atoms with Crippen LogP contribution in [0.4, 0.5) is 0 Å². The van der Waals surface area contributed by atoms with Gasteiger partial charge in [0.1, 0.15) is 12.1 Å². The van der Waals surface area contributed by atoms with Crippen molar-refractivity contribution in [2.24, 2.45) is 5.41 Å². The minimum Gasteiger partial charge on any atom is -0.391 e. The number of aromatic nitrogens is 3. The quantitative estimate of drug-likeness (QED) is 0.669. The fourth-order valence-electron chi connectivity index (χ4n) is 5.70. The number of amides is 2. The number of β-amino-alcohol motifs (C(OH)–C–C–N with tert-alkyl or cyclic N) is 1. The molecule has 0 radical (unpaired) electrons. The lowest BCUT2D eigenvalue weighted by Crippen LogP contribution is -2.52. The van der Waals surface area contributed by atoms with E-state index < -0.39 is 23.6 Å². The summed E-state index contributed by atoms with van der Waals surface area (Å²) in [6.45, 7) is 9.27. The standard InChI is InChI=1S/C24H38N6O3/c1-14-9-16(11-28(14)17-7-8-17)25-22(32)20-10-18(31)12-29(20)23(33)21(24(2,3)4)30-13-19(26-27-30)15-5-6-15/h13-18,20-21,31H,5-12H2,1-4H3,(H,25,32)/t14?,16?,18?,20?,21-/m1/s1. The average Bonchev–Trinajstić information content (AvgIpc) is 3.64. The maximum atomic E-state index is 13.8. The van der Waals surface area contributed by atoms with Gasteiger partial charge in [0.25, 0.3) is 0 Å². The Hall–Kier alpha value is -2.00. The van der Waals surface area contributed by atoms with E-state index in [4.69, 9.17) is 0 Å². The van der Waals surface area contributed by atoms with Crippen molar-refractivity contribution in [3.8, 4) is 0 Å². The van der Waals surface area contributed by atoms with Gasteiger partial charge < -0.3 is 15.3 Å². The summed E-state index contributed by atoms with van der Waals surface area (Å²) in [5.41, 5.74) is 0.509. The van der Waals surface area contributed by atoms with Gasteiger partial charge in [-0.25, -0.2) is 4.68 Å². The van der Waals surface area contributed by atoms with Gasteiger partial charge in [0.05, 0.1) is 11.8 Å². The van der Waals surface area contributed by atoms with Crippen LogP contribution in [-0.4, -0.2) is 85.1 Å². The highest BCUT2D eigenvalue weighted by Gasteiger charge is 2.46. The highest BCUT2D eigenvalue weighted by atomic mass is 16.3. The topological polar surface area (TPSA) is 104 Å². The third-order valence-electron chi connectivity index (χ3n) is 7.69. The Morgan fingerprint density at radius 1 is 1.15 bits per heavy atom. The lowest BCUT2D eigenvalue weighted by atomic mass is 9.85. The second-order valence-corrected chi connectivity index (χ2v) is 11.8. The summed E-state index contributed by atoms with van der Waals surface area (Å²) in [4.78, 5) is 31.2. The van der Waals surface area contributed by atoms with Gasteiger partial charge in [0.2, 0.25) is 11.8 Å². The van der Waals surface area contributed by atoms with E-state index in [-0.39, 0.29) is 30.8 Å². The van der Waals surface area contributed by atoms with Crippen molar-refractivity contribution in [3.05, 3.63) is 11.9 Å². The Balaban J connectivity index is 1.31. The van der Waals surface area contributed by atoms with Crippen molar-refractivity contribution in [1.82, 2.24) is 30.1 Å². The maximum Gasteiger partial charge on any atom is 0.248 e. The second kappa shape index (κ2) is 8.34. The zero-order valence-corrected chi connectivity index (χ0v) is 20.3. The normalized spacial score (nSPS) is 31.7. The van der Waals surface area contributed by atoms with Crippen LogP contribution in [0.1, 0.15) is 83.9 Å². The van der Waals surface area contributed by atoms with Crippen molar-refractivity contribution in [2.45, 2.75) is 108 Å². The van der Waals surface area contributed by atoms with Crippen LogP contribution >= 0.6 is 0 Å². The lowest BCUT2D eigenvalue weighted by molar-refractivity contribution is -0.144. The van der Waals surface area contributed by atoms with Gasteiger partial charge in [-0.2, -0.15) is 0 Å². The zero-order valence-electron chi connectivity index (χ0n) is 20.3. The van der Waals surface area contributed by atoms with Gasteiger partial charge >= 0.3 is 0 Å². The number of carbonyl (C=O) groups is 2. The fraction of sp³-hybridized carbons (Fsp3) is 0.833. The van der Waals surface area contributed by atoms with Crippen LogP contribution in [-0.2, 0) is 9.59 Å². The number of nitrogens with zero attached hydrogens (tertiary/aromatic N) is 5. The van der Waals surface area contributed by atoms with E-state index in [0.29, 0.717) is 18.0 Å². The minimum absolute atomic E-state index is 0.0950. The van der Waals surface area contributed by atoms with Crippen LogP contribution in [0.2, 0.25) is 0 Å². The van der Waals surface area contributed by atoms with E-state index in [2.05, 4.69) is 27.5 Å². The average molecular weight is 459 g/mol. The Kier molecular flexibility index (Phi) is 5.76. The van der Waals surface area contributed by atoms with E-state index in [0.717, 1.165) is 31.5 Å². The van der Waals surface area contributed by atoms with Crippen molar-refractivity contribution in [2.75, 3.05) is 13.1 Å². The molecule has 9 nitrogen and oxygen atoms in total. The Bertz CT molecular complexity index is 902. The van der Waals surface area contributed by atoms with Gasteiger partial charge in [0.15, 0.2) is 0 Å². The van der Waals surface area contributed by atoms with Gasteiger partial charge in [-0.3, -0.25) is 14.5 Å². The molecule has 0 aromatic carbocycles. The smallest absolute Gasteiger partial charge is 0.248 e. The highest BCUT2D eigenvalue weighted by Crippen LogP contribution is 2.40. The molecule has 2 saturated heterocycles. The molecule has 0 bridgehead atoms.